The van der Waals surface area contributed by atoms with Gasteiger partial charge in [0.15, 0.2) is 5.78 Å². The molecule has 0 saturated heterocycles. The minimum atomic E-state index is -0.00800. The van der Waals surface area contributed by atoms with E-state index >= 15 is 0 Å². The molecule has 0 amide bonds. The molecule has 2 atom stereocenters. The van der Waals surface area contributed by atoms with Gasteiger partial charge in [0, 0.05) is 34.0 Å². The molecule has 1 aromatic rings. The molecule has 1 saturated carbocycles. The number of allylic oxidation sites excluding steroid dienone is 1. The number of carbonyl (C=O) groups is 1. The molecule has 3 rings (SSSR count). The second-order valence-corrected chi connectivity index (χ2v) is 8.55. The van der Waals surface area contributed by atoms with Crippen LogP contribution in [0, 0.1) is 5.92 Å². The number of ketones is 1. The van der Waals surface area contributed by atoms with Gasteiger partial charge in [-0.3, -0.25) is 4.79 Å². The summed E-state index contributed by atoms with van der Waals surface area (Å²) in [5.74, 6) is 0.490. The van der Waals surface area contributed by atoms with Crippen LogP contribution in [0.25, 0.3) is 5.70 Å². The molecule has 2 nitrogen and oxygen atoms in total. The minimum absolute atomic E-state index is 0.00800. The van der Waals surface area contributed by atoms with Gasteiger partial charge in [-0.15, -0.1) is 0 Å². The molecular formula is C20H27NOS. The number of nitrogens with one attached hydrogen (secondary N) is 1. The maximum Gasteiger partial charge on any atom is 0.161 e. The Morgan fingerprint density at radius 1 is 1.26 bits per heavy atom. The molecule has 1 aliphatic heterocycles. The fourth-order valence-electron chi connectivity index (χ4n) is 3.96. The van der Waals surface area contributed by atoms with Gasteiger partial charge in [0.05, 0.1) is 0 Å². The first-order valence-corrected chi connectivity index (χ1v) is 9.94. The van der Waals surface area contributed by atoms with Gasteiger partial charge in [0.25, 0.3) is 0 Å². The summed E-state index contributed by atoms with van der Waals surface area (Å²) < 4.78 is 0. The molecule has 1 fully saturated rings. The van der Waals surface area contributed by atoms with Crippen molar-refractivity contribution in [1.29, 1.82) is 0 Å². The lowest BCUT2D eigenvalue weighted by molar-refractivity contribution is -0.118. The third kappa shape index (κ3) is 3.65. The Bertz CT molecular complexity index is 620. The molecule has 124 valence electrons. The number of hydrogen-bond donors (Lipinski definition) is 1. The van der Waals surface area contributed by atoms with E-state index < -0.39 is 0 Å². The van der Waals surface area contributed by atoms with Gasteiger partial charge >= 0.3 is 0 Å². The normalized spacial score (nSPS) is 28.0. The summed E-state index contributed by atoms with van der Waals surface area (Å²) in [6.07, 6.45) is 9.69. The van der Waals surface area contributed by atoms with Crippen molar-refractivity contribution in [3.8, 4) is 0 Å². The lowest BCUT2D eigenvalue weighted by Crippen LogP contribution is -2.44. The van der Waals surface area contributed by atoms with Crippen LogP contribution in [-0.4, -0.2) is 22.8 Å². The number of thioether (sulfide) groups is 1. The van der Waals surface area contributed by atoms with Crippen molar-refractivity contribution >= 4 is 23.2 Å². The van der Waals surface area contributed by atoms with E-state index in [9.17, 15) is 4.79 Å². The first kappa shape index (κ1) is 16.6. The summed E-state index contributed by atoms with van der Waals surface area (Å²) in [6.45, 7) is 4.40. The highest BCUT2D eigenvalue weighted by molar-refractivity contribution is 7.99. The van der Waals surface area contributed by atoms with Gasteiger partial charge in [0.1, 0.15) is 0 Å². The molecule has 1 aliphatic carbocycles. The summed E-state index contributed by atoms with van der Waals surface area (Å²) >= 11 is 1.86. The smallest absolute Gasteiger partial charge is 0.161 e. The number of hydrogen-bond acceptors (Lipinski definition) is 3. The summed E-state index contributed by atoms with van der Waals surface area (Å²) in [5, 5.41) is 4.07. The Hall–Kier alpha value is -1.22. The van der Waals surface area contributed by atoms with Crippen LogP contribution in [0.5, 0.6) is 0 Å². The summed E-state index contributed by atoms with van der Waals surface area (Å²) in [5.41, 5.74) is 3.52. The first-order valence-electron chi connectivity index (χ1n) is 8.65. The average molecular weight is 330 g/mol. The van der Waals surface area contributed by atoms with E-state index in [4.69, 9.17) is 0 Å². The van der Waals surface area contributed by atoms with Crippen molar-refractivity contribution in [2.24, 2.45) is 5.92 Å². The monoisotopic (exact) mass is 329 g/mol. The molecule has 2 unspecified atom stereocenters. The Balaban J connectivity index is 1.90. The summed E-state index contributed by atoms with van der Waals surface area (Å²) in [4.78, 5) is 12.9. The van der Waals surface area contributed by atoms with Crippen molar-refractivity contribution in [2.75, 3.05) is 6.26 Å². The van der Waals surface area contributed by atoms with Gasteiger partial charge in [-0.05, 0) is 44.9 Å². The zero-order valence-corrected chi connectivity index (χ0v) is 15.2. The van der Waals surface area contributed by atoms with Crippen LogP contribution in [0.2, 0.25) is 0 Å². The lowest BCUT2D eigenvalue weighted by atomic mass is 9.83. The predicted molar refractivity (Wildman–Crippen MR) is 99.6 cm³/mol. The third-order valence-corrected chi connectivity index (χ3v) is 6.24. The minimum Gasteiger partial charge on any atom is -0.379 e. The third-order valence-electron chi connectivity index (χ3n) is 5.07. The predicted octanol–water partition coefficient (Wildman–Crippen LogP) is 4.44. The zero-order valence-electron chi connectivity index (χ0n) is 14.4. The number of rotatable bonds is 3. The van der Waals surface area contributed by atoms with Crippen LogP contribution >= 0.6 is 11.8 Å². The van der Waals surface area contributed by atoms with Crippen molar-refractivity contribution in [1.82, 2.24) is 5.32 Å². The topological polar surface area (TPSA) is 29.1 Å². The highest BCUT2D eigenvalue weighted by Gasteiger charge is 2.31. The molecule has 1 heterocycles. The number of fused-ring (bicyclic) bond motifs is 1. The van der Waals surface area contributed by atoms with E-state index in [1.54, 1.807) is 0 Å². The van der Waals surface area contributed by atoms with Crippen molar-refractivity contribution in [3.63, 3.8) is 0 Å². The molecule has 1 N–H and O–H groups in total. The fraction of sp³-hybridized carbons (Fsp3) is 0.550. The molecule has 23 heavy (non-hydrogen) atoms. The van der Waals surface area contributed by atoms with Crippen LogP contribution in [0.1, 0.15) is 50.7 Å². The maximum atomic E-state index is 12.9. The fourth-order valence-corrected chi connectivity index (χ4v) is 4.96. The second-order valence-electron chi connectivity index (χ2n) is 7.47. The Kier molecular flexibility index (Phi) is 4.86. The van der Waals surface area contributed by atoms with Crippen LogP contribution in [0.4, 0.5) is 0 Å². The standard InChI is InChI=1S/C20H27NOS/c1-20(2)13-14-8-4-5-9-15(14)17(21-20)12-18(22)16-10-6-7-11-19(16)23-3/h4-5,8-9,12,16,19,21H,6-7,10-11,13H2,1-3H3/b17-12+. The summed E-state index contributed by atoms with van der Waals surface area (Å²) in [7, 11) is 0. The van der Waals surface area contributed by atoms with E-state index in [-0.39, 0.29) is 11.5 Å². The molecule has 0 radical (unpaired) electrons. The van der Waals surface area contributed by atoms with Crippen LogP contribution < -0.4 is 5.32 Å². The second kappa shape index (κ2) is 6.72. The molecular weight excluding hydrogens is 302 g/mol. The van der Waals surface area contributed by atoms with Crippen molar-refractivity contribution in [3.05, 3.63) is 41.5 Å². The largest absolute Gasteiger partial charge is 0.379 e. The van der Waals surface area contributed by atoms with Gasteiger partial charge in [-0.25, -0.2) is 0 Å². The number of carbonyl (C=O) groups excluding carboxylic acids is 1. The Labute approximate surface area is 144 Å². The SMILES string of the molecule is CSC1CCCCC1C(=O)/C=C1/NC(C)(C)Cc2ccccc21. The van der Waals surface area contributed by atoms with E-state index in [1.165, 1.54) is 30.4 Å². The summed E-state index contributed by atoms with van der Waals surface area (Å²) in [6, 6.07) is 8.46. The van der Waals surface area contributed by atoms with Gasteiger partial charge in [-0.2, -0.15) is 11.8 Å². The average Bonchev–Trinajstić information content (AvgIpc) is 2.53. The van der Waals surface area contributed by atoms with Gasteiger partial charge < -0.3 is 5.32 Å². The quantitative estimate of drug-likeness (QED) is 0.831. The van der Waals surface area contributed by atoms with Gasteiger partial charge in [0.2, 0.25) is 0 Å². The highest BCUT2D eigenvalue weighted by atomic mass is 32.2. The number of benzene rings is 1. The van der Waals surface area contributed by atoms with Crippen LogP contribution in [-0.2, 0) is 11.2 Å². The highest BCUT2D eigenvalue weighted by Crippen LogP contribution is 2.35. The maximum absolute atomic E-state index is 12.9. The first-order chi connectivity index (χ1) is 11.0. The molecule has 0 bridgehead atoms. The van der Waals surface area contributed by atoms with E-state index in [0.717, 1.165) is 18.5 Å². The molecule has 3 heteroatoms. The van der Waals surface area contributed by atoms with Crippen LogP contribution in [0.3, 0.4) is 0 Å². The van der Waals surface area contributed by atoms with Gasteiger partial charge in [-0.1, -0.05) is 37.1 Å². The van der Waals surface area contributed by atoms with E-state index in [2.05, 4.69) is 49.7 Å². The van der Waals surface area contributed by atoms with Crippen LogP contribution in [0.15, 0.2) is 30.3 Å². The zero-order chi connectivity index (χ0) is 16.4. The lowest BCUT2D eigenvalue weighted by Gasteiger charge is -2.36. The van der Waals surface area contributed by atoms with E-state index in [0.29, 0.717) is 11.0 Å². The Morgan fingerprint density at radius 2 is 2.00 bits per heavy atom. The molecule has 2 aliphatic rings. The molecule has 0 spiro atoms. The molecule has 1 aromatic carbocycles. The van der Waals surface area contributed by atoms with Crippen molar-refractivity contribution < 1.29 is 4.79 Å². The molecule has 0 aromatic heterocycles. The van der Waals surface area contributed by atoms with E-state index in [1.807, 2.05) is 17.8 Å². The van der Waals surface area contributed by atoms with Crippen molar-refractivity contribution in [2.45, 2.75) is 56.7 Å². The Morgan fingerprint density at radius 3 is 2.78 bits per heavy atom.